The van der Waals surface area contributed by atoms with Gasteiger partial charge in [0, 0.05) is 6.54 Å². The number of ether oxygens (including phenoxy) is 2. The van der Waals surface area contributed by atoms with E-state index in [1.165, 1.54) is 10.5 Å². The number of carbonyl (C=O) groups is 2. The molecule has 2 aromatic carbocycles. The molecule has 0 spiro atoms. The van der Waals surface area contributed by atoms with E-state index < -0.39 is 0 Å². The van der Waals surface area contributed by atoms with Crippen LogP contribution in [0.25, 0.3) is 6.08 Å². The van der Waals surface area contributed by atoms with Gasteiger partial charge in [-0.25, -0.2) is 0 Å². The van der Waals surface area contributed by atoms with Crippen LogP contribution in [0.3, 0.4) is 0 Å². The number of halogens is 1. The first kappa shape index (κ1) is 21.5. The molecule has 1 saturated heterocycles. The van der Waals surface area contributed by atoms with E-state index in [0.29, 0.717) is 34.0 Å². The van der Waals surface area contributed by atoms with Crippen LogP contribution in [0.5, 0.6) is 11.5 Å². The molecule has 0 bridgehead atoms. The Kier molecular flexibility index (Phi) is 7.03. The van der Waals surface area contributed by atoms with Crippen LogP contribution in [0.1, 0.15) is 30.0 Å². The summed E-state index contributed by atoms with van der Waals surface area (Å²) in [5, 5.41) is -0.229. The molecule has 29 heavy (non-hydrogen) atoms. The summed E-state index contributed by atoms with van der Waals surface area (Å²) in [5.74, 6) is 0.881. The van der Waals surface area contributed by atoms with E-state index in [2.05, 4.69) is 15.9 Å². The van der Waals surface area contributed by atoms with Crippen LogP contribution in [0.2, 0.25) is 0 Å². The largest absolute Gasteiger partial charge is 0.493 e. The van der Waals surface area contributed by atoms with E-state index in [9.17, 15) is 9.59 Å². The SMILES string of the molecule is CCCN1C(=O)S/C(=C/c2cc(Br)c(OCc3ccc(C)cc3)c(OC)c2)C1=O. The predicted octanol–water partition coefficient (Wildman–Crippen LogP) is 5.79. The summed E-state index contributed by atoms with van der Waals surface area (Å²) in [4.78, 5) is 26.2. The molecule has 2 amide bonds. The molecule has 1 aliphatic heterocycles. The summed E-state index contributed by atoms with van der Waals surface area (Å²) < 4.78 is 12.2. The predicted molar refractivity (Wildman–Crippen MR) is 119 cm³/mol. The van der Waals surface area contributed by atoms with Gasteiger partial charge < -0.3 is 9.47 Å². The molecule has 1 aliphatic rings. The zero-order valence-corrected chi connectivity index (χ0v) is 18.9. The van der Waals surface area contributed by atoms with Gasteiger partial charge in [0.05, 0.1) is 16.5 Å². The zero-order valence-electron chi connectivity index (χ0n) is 16.5. The van der Waals surface area contributed by atoms with Gasteiger partial charge in [0.25, 0.3) is 11.1 Å². The Labute approximate surface area is 183 Å². The summed E-state index contributed by atoms with van der Waals surface area (Å²) in [6.45, 7) is 4.81. The van der Waals surface area contributed by atoms with Gasteiger partial charge in [-0.05, 0) is 70.4 Å². The number of imide groups is 1. The summed E-state index contributed by atoms with van der Waals surface area (Å²) in [6.07, 6.45) is 2.44. The van der Waals surface area contributed by atoms with E-state index in [-0.39, 0.29) is 11.1 Å². The number of hydrogen-bond acceptors (Lipinski definition) is 5. The van der Waals surface area contributed by atoms with Crippen LogP contribution >= 0.6 is 27.7 Å². The molecule has 0 aromatic heterocycles. The van der Waals surface area contributed by atoms with Crippen molar-refractivity contribution in [2.24, 2.45) is 0 Å². The van der Waals surface area contributed by atoms with Crippen molar-refractivity contribution in [1.82, 2.24) is 4.90 Å². The number of methoxy groups -OCH3 is 1. The van der Waals surface area contributed by atoms with E-state index in [1.807, 2.05) is 44.2 Å². The molecule has 0 unspecified atom stereocenters. The number of nitrogens with zero attached hydrogens (tertiary/aromatic N) is 1. The lowest BCUT2D eigenvalue weighted by Crippen LogP contribution is -2.28. The molecular formula is C22H22BrNO4S. The van der Waals surface area contributed by atoms with E-state index >= 15 is 0 Å². The molecule has 0 radical (unpaired) electrons. The summed E-state index contributed by atoms with van der Waals surface area (Å²) in [5.41, 5.74) is 3.00. The van der Waals surface area contributed by atoms with Crippen molar-refractivity contribution in [3.63, 3.8) is 0 Å². The van der Waals surface area contributed by atoms with Crippen molar-refractivity contribution >= 4 is 44.9 Å². The topological polar surface area (TPSA) is 55.8 Å². The fourth-order valence-electron chi connectivity index (χ4n) is 2.87. The molecule has 5 nitrogen and oxygen atoms in total. The smallest absolute Gasteiger partial charge is 0.293 e. The maximum atomic E-state index is 12.4. The molecule has 2 aromatic rings. The second-order valence-electron chi connectivity index (χ2n) is 6.64. The minimum absolute atomic E-state index is 0.229. The summed E-state index contributed by atoms with van der Waals surface area (Å²) in [6, 6.07) is 11.8. The van der Waals surface area contributed by atoms with E-state index in [4.69, 9.17) is 9.47 Å². The Hall–Kier alpha value is -2.25. The third-order valence-corrected chi connectivity index (χ3v) is 5.87. The van der Waals surface area contributed by atoms with Crippen molar-refractivity contribution in [1.29, 1.82) is 0 Å². The van der Waals surface area contributed by atoms with Crippen LogP contribution in [0.15, 0.2) is 45.8 Å². The fraction of sp³-hybridized carbons (Fsp3) is 0.273. The maximum absolute atomic E-state index is 12.4. The molecule has 3 rings (SSSR count). The molecule has 0 saturated carbocycles. The first-order chi connectivity index (χ1) is 13.9. The molecule has 0 aliphatic carbocycles. The number of rotatable bonds is 7. The van der Waals surface area contributed by atoms with Crippen molar-refractivity contribution in [2.45, 2.75) is 26.9 Å². The first-order valence-corrected chi connectivity index (χ1v) is 10.8. The third-order valence-electron chi connectivity index (χ3n) is 4.37. The Morgan fingerprint density at radius 1 is 1.17 bits per heavy atom. The standard InChI is InChI=1S/C22H22BrNO4S/c1-4-9-24-21(25)19(29-22(24)26)12-16-10-17(23)20(18(11-16)27-3)28-13-15-7-5-14(2)6-8-15/h5-8,10-12H,4,9,13H2,1-3H3/b19-12+. The van der Waals surface area contributed by atoms with Gasteiger partial charge in [0.1, 0.15) is 6.61 Å². The highest BCUT2D eigenvalue weighted by molar-refractivity contribution is 9.10. The lowest BCUT2D eigenvalue weighted by molar-refractivity contribution is -0.122. The number of carbonyl (C=O) groups excluding carboxylic acids is 2. The second kappa shape index (κ2) is 9.50. The minimum atomic E-state index is -0.253. The Bertz CT molecular complexity index is 956. The Balaban J connectivity index is 1.82. The normalized spacial score (nSPS) is 15.3. The number of hydrogen-bond donors (Lipinski definition) is 0. The molecular weight excluding hydrogens is 454 g/mol. The second-order valence-corrected chi connectivity index (χ2v) is 8.49. The number of aryl methyl sites for hydroxylation is 1. The minimum Gasteiger partial charge on any atom is -0.493 e. The van der Waals surface area contributed by atoms with Gasteiger partial charge in [0.15, 0.2) is 11.5 Å². The average Bonchev–Trinajstić information content (AvgIpc) is 2.96. The lowest BCUT2D eigenvalue weighted by atomic mass is 10.1. The van der Waals surface area contributed by atoms with Crippen molar-refractivity contribution in [3.8, 4) is 11.5 Å². The van der Waals surface area contributed by atoms with Gasteiger partial charge in [-0.15, -0.1) is 0 Å². The van der Waals surface area contributed by atoms with Gasteiger partial charge in [-0.3, -0.25) is 14.5 Å². The molecule has 1 heterocycles. The lowest BCUT2D eigenvalue weighted by Gasteiger charge is -2.14. The van der Waals surface area contributed by atoms with Crippen LogP contribution < -0.4 is 9.47 Å². The fourth-order valence-corrected chi connectivity index (χ4v) is 4.31. The van der Waals surface area contributed by atoms with Crippen molar-refractivity contribution < 1.29 is 19.1 Å². The van der Waals surface area contributed by atoms with Gasteiger partial charge in [-0.1, -0.05) is 36.8 Å². The van der Waals surface area contributed by atoms with E-state index in [1.54, 1.807) is 19.3 Å². The van der Waals surface area contributed by atoms with E-state index in [0.717, 1.165) is 29.3 Å². The molecule has 1 fully saturated rings. The Morgan fingerprint density at radius 3 is 2.55 bits per heavy atom. The van der Waals surface area contributed by atoms with Crippen LogP contribution in [0, 0.1) is 6.92 Å². The third kappa shape index (κ3) is 5.03. The number of benzene rings is 2. The first-order valence-electron chi connectivity index (χ1n) is 9.24. The van der Waals surface area contributed by atoms with Crippen molar-refractivity contribution in [2.75, 3.05) is 13.7 Å². The maximum Gasteiger partial charge on any atom is 0.293 e. The summed E-state index contributed by atoms with van der Waals surface area (Å²) >= 11 is 4.49. The van der Waals surface area contributed by atoms with Gasteiger partial charge in [-0.2, -0.15) is 0 Å². The van der Waals surface area contributed by atoms with Crippen molar-refractivity contribution in [3.05, 3.63) is 62.5 Å². The van der Waals surface area contributed by atoms with Gasteiger partial charge >= 0.3 is 0 Å². The van der Waals surface area contributed by atoms with Crippen LogP contribution in [0.4, 0.5) is 4.79 Å². The van der Waals surface area contributed by atoms with Crippen LogP contribution in [-0.4, -0.2) is 29.7 Å². The van der Waals surface area contributed by atoms with Gasteiger partial charge in [0.2, 0.25) is 0 Å². The molecule has 0 atom stereocenters. The molecule has 0 N–H and O–H groups in total. The molecule has 7 heteroatoms. The average molecular weight is 476 g/mol. The highest BCUT2D eigenvalue weighted by atomic mass is 79.9. The summed E-state index contributed by atoms with van der Waals surface area (Å²) in [7, 11) is 1.57. The zero-order chi connectivity index (χ0) is 21.0. The number of amides is 2. The highest BCUT2D eigenvalue weighted by Gasteiger charge is 2.34. The Morgan fingerprint density at radius 2 is 1.90 bits per heavy atom. The quantitative estimate of drug-likeness (QED) is 0.474. The number of thioether (sulfide) groups is 1. The molecule has 152 valence electrons. The van der Waals surface area contributed by atoms with Crippen LogP contribution in [-0.2, 0) is 11.4 Å². The monoisotopic (exact) mass is 475 g/mol. The highest BCUT2D eigenvalue weighted by Crippen LogP contribution is 2.39.